The second-order valence-corrected chi connectivity index (χ2v) is 7.42. The number of thiocarbonyl (C=S) groups is 1. The van der Waals surface area contributed by atoms with Gasteiger partial charge in [0.15, 0.2) is 4.32 Å². The molecule has 3 rings (SSSR count). The number of carbonyl (C=O) groups excluding carboxylic acids is 1. The first kappa shape index (κ1) is 17.9. The summed E-state index contributed by atoms with van der Waals surface area (Å²) >= 11 is 18.2. The van der Waals surface area contributed by atoms with Gasteiger partial charge in [-0.05, 0) is 30.3 Å². The molecule has 0 bridgehead atoms. The SMILES string of the molecule is O=C1/C(=C/c2ccccc2[N+](=O)[O-])SC(=S)N1c1ccc(Cl)c(Cl)c1. The van der Waals surface area contributed by atoms with E-state index >= 15 is 0 Å². The molecule has 0 aromatic heterocycles. The lowest BCUT2D eigenvalue weighted by atomic mass is 10.1. The molecule has 1 aliphatic heterocycles. The van der Waals surface area contributed by atoms with E-state index in [0.717, 1.165) is 11.8 Å². The minimum absolute atomic E-state index is 0.0812. The standard InChI is InChI=1S/C16H8Cl2N2O3S2/c17-11-6-5-10(8-12(11)18)19-15(21)14(25-16(19)24)7-9-3-1-2-4-13(9)20(22)23/h1-8H/b14-7-. The van der Waals surface area contributed by atoms with Crippen molar-refractivity contribution in [3.05, 3.63) is 73.1 Å². The lowest BCUT2D eigenvalue weighted by molar-refractivity contribution is -0.385. The number of thioether (sulfide) groups is 1. The molecule has 0 aliphatic carbocycles. The topological polar surface area (TPSA) is 63.4 Å². The van der Waals surface area contributed by atoms with Crippen LogP contribution in [0.5, 0.6) is 0 Å². The maximum atomic E-state index is 12.7. The minimum Gasteiger partial charge on any atom is -0.268 e. The second kappa shape index (κ2) is 7.13. The van der Waals surface area contributed by atoms with Crippen molar-refractivity contribution >= 4 is 74.9 Å². The van der Waals surface area contributed by atoms with E-state index in [-0.39, 0.29) is 11.6 Å². The molecule has 25 heavy (non-hydrogen) atoms. The molecule has 1 heterocycles. The van der Waals surface area contributed by atoms with Crippen molar-refractivity contribution < 1.29 is 9.72 Å². The second-order valence-electron chi connectivity index (χ2n) is 4.93. The Morgan fingerprint density at radius 1 is 1.16 bits per heavy atom. The van der Waals surface area contributed by atoms with Crippen LogP contribution in [0, 0.1) is 10.1 Å². The largest absolute Gasteiger partial charge is 0.276 e. The number of hydrogen-bond donors (Lipinski definition) is 0. The van der Waals surface area contributed by atoms with Gasteiger partial charge in [0.05, 0.1) is 31.1 Å². The Balaban J connectivity index is 1.99. The fourth-order valence-electron chi connectivity index (χ4n) is 2.23. The van der Waals surface area contributed by atoms with Gasteiger partial charge in [0.2, 0.25) is 0 Å². The zero-order valence-corrected chi connectivity index (χ0v) is 15.5. The maximum absolute atomic E-state index is 12.7. The highest BCUT2D eigenvalue weighted by atomic mass is 35.5. The Kier molecular flexibility index (Phi) is 5.10. The summed E-state index contributed by atoms with van der Waals surface area (Å²) in [5.41, 5.74) is 0.743. The first-order chi connectivity index (χ1) is 11.9. The van der Waals surface area contributed by atoms with Crippen molar-refractivity contribution in [3.63, 3.8) is 0 Å². The monoisotopic (exact) mass is 410 g/mol. The lowest BCUT2D eigenvalue weighted by Crippen LogP contribution is -2.27. The number of rotatable bonds is 3. The van der Waals surface area contributed by atoms with Crippen LogP contribution >= 0.6 is 47.2 Å². The van der Waals surface area contributed by atoms with Crippen molar-refractivity contribution in [1.29, 1.82) is 0 Å². The molecule has 0 spiro atoms. The summed E-state index contributed by atoms with van der Waals surface area (Å²) in [5.74, 6) is -0.369. The van der Waals surface area contributed by atoms with Crippen LogP contribution in [0.3, 0.4) is 0 Å². The van der Waals surface area contributed by atoms with Crippen LogP contribution in [-0.2, 0) is 4.79 Å². The van der Waals surface area contributed by atoms with Gasteiger partial charge >= 0.3 is 0 Å². The van der Waals surface area contributed by atoms with Crippen LogP contribution in [0.15, 0.2) is 47.4 Å². The highest BCUT2D eigenvalue weighted by molar-refractivity contribution is 8.27. The highest BCUT2D eigenvalue weighted by Gasteiger charge is 2.34. The molecule has 0 unspecified atom stereocenters. The third-order valence-corrected chi connectivity index (χ3v) is 5.42. The minimum atomic E-state index is -0.494. The van der Waals surface area contributed by atoms with Gasteiger partial charge in [-0.25, -0.2) is 0 Å². The van der Waals surface area contributed by atoms with Gasteiger partial charge in [-0.2, -0.15) is 0 Å². The van der Waals surface area contributed by atoms with E-state index in [1.165, 1.54) is 17.0 Å². The van der Waals surface area contributed by atoms with E-state index in [4.69, 9.17) is 35.4 Å². The van der Waals surface area contributed by atoms with Crippen LogP contribution in [0.1, 0.15) is 5.56 Å². The van der Waals surface area contributed by atoms with Crippen LogP contribution in [0.2, 0.25) is 10.0 Å². The smallest absolute Gasteiger partial charge is 0.268 e. The van der Waals surface area contributed by atoms with Gasteiger partial charge in [0.25, 0.3) is 11.6 Å². The molecule has 1 saturated heterocycles. The summed E-state index contributed by atoms with van der Waals surface area (Å²) in [7, 11) is 0. The van der Waals surface area contributed by atoms with Crippen molar-refractivity contribution in [2.45, 2.75) is 0 Å². The first-order valence-electron chi connectivity index (χ1n) is 6.85. The van der Waals surface area contributed by atoms with Crippen molar-refractivity contribution in [2.75, 3.05) is 4.90 Å². The summed E-state index contributed by atoms with van der Waals surface area (Å²) in [6.45, 7) is 0. The molecule has 0 saturated carbocycles. The maximum Gasteiger partial charge on any atom is 0.276 e. The lowest BCUT2D eigenvalue weighted by Gasteiger charge is -2.15. The number of para-hydroxylation sites is 1. The van der Waals surface area contributed by atoms with Crippen LogP contribution < -0.4 is 4.90 Å². The molecule has 1 aliphatic rings. The quantitative estimate of drug-likeness (QED) is 0.297. The molecular formula is C16H8Cl2N2O3S2. The number of amides is 1. The third kappa shape index (κ3) is 3.55. The summed E-state index contributed by atoms with van der Waals surface area (Å²) in [6, 6.07) is 10.9. The predicted molar refractivity (Wildman–Crippen MR) is 105 cm³/mol. The number of benzene rings is 2. The Labute approximate surface area is 162 Å². The fraction of sp³-hybridized carbons (Fsp3) is 0. The number of nitro benzene ring substituents is 1. The molecule has 9 heteroatoms. The predicted octanol–water partition coefficient (Wildman–Crippen LogP) is 5.31. The van der Waals surface area contributed by atoms with Crippen LogP contribution in [0.25, 0.3) is 6.08 Å². The normalized spacial score (nSPS) is 15.9. The van der Waals surface area contributed by atoms with E-state index in [0.29, 0.717) is 30.5 Å². The highest BCUT2D eigenvalue weighted by Crippen LogP contribution is 2.38. The van der Waals surface area contributed by atoms with Gasteiger partial charge < -0.3 is 0 Å². The molecule has 2 aromatic carbocycles. The van der Waals surface area contributed by atoms with Crippen molar-refractivity contribution in [3.8, 4) is 0 Å². The molecule has 5 nitrogen and oxygen atoms in total. The van der Waals surface area contributed by atoms with E-state index in [2.05, 4.69) is 0 Å². The van der Waals surface area contributed by atoms with Gasteiger partial charge in [-0.3, -0.25) is 19.8 Å². The number of anilines is 1. The number of carbonyl (C=O) groups is 1. The Bertz CT molecular complexity index is 947. The van der Waals surface area contributed by atoms with Crippen molar-refractivity contribution in [1.82, 2.24) is 0 Å². The Morgan fingerprint density at radius 2 is 1.88 bits per heavy atom. The average Bonchev–Trinajstić information content (AvgIpc) is 2.84. The average molecular weight is 411 g/mol. The number of hydrogen-bond acceptors (Lipinski definition) is 5. The molecule has 1 fully saturated rings. The molecule has 126 valence electrons. The molecule has 0 N–H and O–H groups in total. The van der Waals surface area contributed by atoms with Crippen LogP contribution in [-0.4, -0.2) is 15.2 Å². The number of nitrogens with zero attached hydrogens (tertiary/aromatic N) is 2. The van der Waals surface area contributed by atoms with E-state index < -0.39 is 4.92 Å². The Hall–Kier alpha value is -1.93. The summed E-state index contributed by atoms with van der Waals surface area (Å²) < 4.78 is 0.313. The zero-order valence-electron chi connectivity index (χ0n) is 12.3. The van der Waals surface area contributed by atoms with E-state index in [1.54, 1.807) is 36.4 Å². The van der Waals surface area contributed by atoms with Gasteiger partial charge in [0.1, 0.15) is 0 Å². The summed E-state index contributed by atoms with van der Waals surface area (Å²) in [4.78, 5) is 24.9. The molecule has 1 amide bonds. The van der Waals surface area contributed by atoms with E-state index in [1.807, 2.05) is 0 Å². The third-order valence-electron chi connectivity index (χ3n) is 3.38. The van der Waals surface area contributed by atoms with Gasteiger partial charge in [0, 0.05) is 6.07 Å². The summed E-state index contributed by atoms with van der Waals surface area (Å²) in [5, 5.41) is 11.8. The van der Waals surface area contributed by atoms with Crippen LogP contribution in [0.4, 0.5) is 11.4 Å². The number of halogens is 2. The number of nitro groups is 1. The molecule has 2 aromatic rings. The molecule has 0 radical (unpaired) electrons. The Morgan fingerprint density at radius 3 is 2.56 bits per heavy atom. The van der Waals surface area contributed by atoms with Gasteiger partial charge in [-0.15, -0.1) is 0 Å². The summed E-state index contributed by atoms with van der Waals surface area (Å²) in [6.07, 6.45) is 1.47. The van der Waals surface area contributed by atoms with E-state index in [9.17, 15) is 14.9 Å². The first-order valence-corrected chi connectivity index (χ1v) is 8.83. The zero-order chi connectivity index (χ0) is 18.1. The molecule has 0 atom stereocenters. The van der Waals surface area contributed by atoms with Gasteiger partial charge in [-0.1, -0.05) is 59.3 Å². The van der Waals surface area contributed by atoms with Crippen molar-refractivity contribution in [2.24, 2.45) is 0 Å². The fourth-order valence-corrected chi connectivity index (χ4v) is 3.81. The molecular weight excluding hydrogens is 403 g/mol.